The Morgan fingerprint density at radius 1 is 1.34 bits per heavy atom. The van der Waals surface area contributed by atoms with Crippen LogP contribution < -0.4 is 5.32 Å². The van der Waals surface area contributed by atoms with E-state index in [2.05, 4.69) is 34.8 Å². The third kappa shape index (κ3) is 4.43. The molecule has 3 rings (SSSR count). The molecule has 1 saturated heterocycles. The summed E-state index contributed by atoms with van der Waals surface area (Å²) in [5.74, 6) is -0.295. The summed E-state index contributed by atoms with van der Waals surface area (Å²) in [4.78, 5) is 18.7. The number of thiocarbonyl (C=S) groups is 1. The highest BCUT2D eigenvalue weighted by atomic mass is 32.1. The van der Waals surface area contributed by atoms with Gasteiger partial charge in [-0.25, -0.2) is 0 Å². The minimum atomic E-state index is -0.295. The summed E-state index contributed by atoms with van der Waals surface area (Å²) < 4.78 is 12.7. The molecule has 29 heavy (non-hydrogen) atoms. The van der Waals surface area contributed by atoms with Crippen molar-refractivity contribution in [1.29, 1.82) is 0 Å². The summed E-state index contributed by atoms with van der Waals surface area (Å²) in [6.07, 6.45) is 1.77. The molecule has 3 heterocycles. The van der Waals surface area contributed by atoms with Crippen LogP contribution in [0, 0.1) is 13.8 Å². The first-order chi connectivity index (χ1) is 14.0. The summed E-state index contributed by atoms with van der Waals surface area (Å²) in [6.45, 7) is 7.81. The minimum absolute atomic E-state index is 0.0927. The quantitative estimate of drug-likeness (QED) is 0.524. The molecule has 0 aliphatic carbocycles. The van der Waals surface area contributed by atoms with E-state index in [0.29, 0.717) is 18.3 Å². The van der Waals surface area contributed by atoms with Crippen LogP contribution in [0.4, 0.5) is 0 Å². The van der Waals surface area contributed by atoms with Crippen LogP contribution in [0.3, 0.4) is 0 Å². The summed E-state index contributed by atoms with van der Waals surface area (Å²) in [5, 5.41) is 3.90. The van der Waals surface area contributed by atoms with Gasteiger partial charge in [-0.2, -0.15) is 0 Å². The number of nitrogens with zero attached hydrogens (tertiary/aromatic N) is 3. The number of aryl methyl sites for hydroxylation is 1. The van der Waals surface area contributed by atoms with E-state index in [0.717, 1.165) is 29.2 Å². The lowest BCUT2D eigenvalue weighted by Crippen LogP contribution is -2.35. The maximum Gasteiger partial charge on any atom is 0.325 e. The fourth-order valence-corrected chi connectivity index (χ4v) is 4.22. The van der Waals surface area contributed by atoms with Crippen molar-refractivity contribution in [2.45, 2.75) is 39.4 Å². The Morgan fingerprint density at radius 3 is 2.79 bits per heavy atom. The van der Waals surface area contributed by atoms with E-state index in [1.54, 1.807) is 20.2 Å². The van der Waals surface area contributed by atoms with Crippen molar-refractivity contribution in [3.63, 3.8) is 0 Å². The van der Waals surface area contributed by atoms with E-state index < -0.39 is 0 Å². The van der Waals surface area contributed by atoms with E-state index in [1.165, 1.54) is 0 Å². The van der Waals surface area contributed by atoms with Crippen LogP contribution in [0.5, 0.6) is 0 Å². The third-order valence-corrected chi connectivity index (χ3v) is 5.61. The molecule has 156 valence electrons. The van der Waals surface area contributed by atoms with Gasteiger partial charge in [0.15, 0.2) is 5.11 Å². The molecule has 1 aliphatic rings. The molecule has 0 aromatic carbocycles. The highest BCUT2D eigenvalue weighted by molar-refractivity contribution is 7.80. The van der Waals surface area contributed by atoms with E-state index in [9.17, 15) is 4.79 Å². The van der Waals surface area contributed by atoms with E-state index in [-0.39, 0.29) is 24.6 Å². The van der Waals surface area contributed by atoms with E-state index in [1.807, 2.05) is 23.1 Å². The van der Waals surface area contributed by atoms with Crippen LogP contribution in [-0.4, -0.2) is 52.4 Å². The zero-order valence-corrected chi connectivity index (χ0v) is 18.2. The van der Waals surface area contributed by atoms with Crippen molar-refractivity contribution < 1.29 is 14.3 Å². The van der Waals surface area contributed by atoms with Crippen LogP contribution in [-0.2, 0) is 20.8 Å². The number of ether oxygens (including phenoxy) is 2. The molecule has 2 aromatic heterocycles. The molecule has 0 spiro atoms. The average Bonchev–Trinajstić information content (AvgIpc) is 3.17. The molecule has 0 unspecified atom stereocenters. The van der Waals surface area contributed by atoms with Gasteiger partial charge in [-0.1, -0.05) is 6.07 Å². The topological polar surface area (TPSA) is 68.6 Å². The number of hydrogen-bond donors (Lipinski definition) is 1. The fraction of sp³-hybridized carbons (Fsp3) is 0.476. The molecule has 1 N–H and O–H groups in total. The second-order valence-corrected chi connectivity index (χ2v) is 7.42. The Balaban J connectivity index is 2.02. The summed E-state index contributed by atoms with van der Waals surface area (Å²) in [6, 6.07) is 7.67. The molecule has 2 aromatic rings. The Bertz CT molecular complexity index is 868. The van der Waals surface area contributed by atoms with Crippen LogP contribution >= 0.6 is 12.2 Å². The fourth-order valence-electron chi connectivity index (χ4n) is 3.91. The van der Waals surface area contributed by atoms with Gasteiger partial charge in [0.1, 0.15) is 6.54 Å². The van der Waals surface area contributed by atoms with E-state index in [4.69, 9.17) is 21.7 Å². The van der Waals surface area contributed by atoms with Gasteiger partial charge in [0.25, 0.3) is 0 Å². The normalized spacial score (nSPS) is 18.8. The summed E-state index contributed by atoms with van der Waals surface area (Å²) in [5.41, 5.74) is 4.27. The number of aromatic nitrogens is 2. The van der Waals surface area contributed by atoms with Crippen LogP contribution in [0.15, 0.2) is 30.5 Å². The predicted molar refractivity (Wildman–Crippen MR) is 115 cm³/mol. The lowest BCUT2D eigenvalue weighted by molar-refractivity contribution is -0.143. The SMILES string of the molecule is CCOC(=O)CN1C(=S)N[C@H](c2ccccn2)[C@@H]1c1cc(C)n(CCOC)c1C. The largest absolute Gasteiger partial charge is 0.465 e. The maximum atomic E-state index is 12.3. The van der Waals surface area contributed by atoms with Crippen molar-refractivity contribution in [3.05, 3.63) is 53.1 Å². The number of nitrogens with one attached hydrogen (secondary N) is 1. The Kier molecular flexibility index (Phi) is 6.87. The number of hydrogen-bond acceptors (Lipinski definition) is 5. The molecule has 0 saturated carbocycles. The van der Waals surface area contributed by atoms with Crippen molar-refractivity contribution in [1.82, 2.24) is 19.8 Å². The monoisotopic (exact) mass is 416 g/mol. The van der Waals surface area contributed by atoms with Crippen LogP contribution in [0.2, 0.25) is 0 Å². The molecule has 0 bridgehead atoms. The molecule has 2 atom stereocenters. The van der Waals surface area contributed by atoms with Crippen molar-refractivity contribution in [3.8, 4) is 0 Å². The predicted octanol–water partition coefficient (Wildman–Crippen LogP) is 2.68. The summed E-state index contributed by atoms with van der Waals surface area (Å²) in [7, 11) is 1.70. The van der Waals surface area contributed by atoms with Crippen molar-refractivity contribution in [2.75, 3.05) is 26.9 Å². The molecule has 1 fully saturated rings. The summed E-state index contributed by atoms with van der Waals surface area (Å²) >= 11 is 5.60. The molecule has 7 nitrogen and oxygen atoms in total. The number of rotatable bonds is 8. The minimum Gasteiger partial charge on any atom is -0.465 e. The highest BCUT2D eigenvalue weighted by Gasteiger charge is 2.42. The van der Waals surface area contributed by atoms with Gasteiger partial charge in [-0.05, 0) is 56.8 Å². The van der Waals surface area contributed by atoms with E-state index >= 15 is 0 Å². The Morgan fingerprint density at radius 2 is 2.14 bits per heavy atom. The smallest absolute Gasteiger partial charge is 0.325 e. The van der Waals surface area contributed by atoms with Crippen molar-refractivity contribution in [2.24, 2.45) is 0 Å². The zero-order chi connectivity index (χ0) is 21.0. The Hall–Kier alpha value is -2.45. The molecule has 8 heteroatoms. The molecule has 0 radical (unpaired) electrons. The van der Waals surface area contributed by atoms with Gasteiger partial charge in [0.05, 0.1) is 31.0 Å². The number of carbonyl (C=O) groups excluding carboxylic acids is 1. The lowest BCUT2D eigenvalue weighted by atomic mass is 9.97. The van der Waals surface area contributed by atoms with Crippen LogP contribution in [0.25, 0.3) is 0 Å². The van der Waals surface area contributed by atoms with Gasteiger partial charge in [0.2, 0.25) is 0 Å². The standard InChI is InChI=1S/C21H28N4O3S/c1-5-28-18(26)13-25-20(16-12-14(2)24(15(16)3)10-11-27-4)19(23-21(25)29)17-8-6-7-9-22-17/h6-9,12,19-20H,5,10-11,13H2,1-4H3,(H,23,29)/t19-,20+/m1/s1. The zero-order valence-electron chi connectivity index (χ0n) is 17.3. The second kappa shape index (κ2) is 9.37. The molecule has 1 aliphatic heterocycles. The first-order valence-corrected chi connectivity index (χ1v) is 10.2. The van der Waals surface area contributed by atoms with Gasteiger partial charge in [-0.15, -0.1) is 0 Å². The number of pyridine rings is 1. The van der Waals surface area contributed by atoms with Crippen molar-refractivity contribution >= 4 is 23.3 Å². The average molecular weight is 417 g/mol. The van der Waals surface area contributed by atoms with Crippen LogP contribution in [0.1, 0.15) is 41.7 Å². The number of carbonyl (C=O) groups is 1. The van der Waals surface area contributed by atoms with Gasteiger partial charge < -0.3 is 24.3 Å². The second-order valence-electron chi connectivity index (χ2n) is 7.03. The maximum absolute atomic E-state index is 12.3. The van der Waals surface area contributed by atoms with Gasteiger partial charge in [-0.3, -0.25) is 9.78 Å². The number of methoxy groups -OCH3 is 1. The molecular weight excluding hydrogens is 388 g/mol. The highest BCUT2D eigenvalue weighted by Crippen LogP contribution is 2.40. The third-order valence-electron chi connectivity index (χ3n) is 5.25. The Labute approximate surface area is 177 Å². The number of esters is 1. The van der Waals surface area contributed by atoms with Gasteiger partial charge in [0, 0.05) is 31.2 Å². The first kappa shape index (κ1) is 21.3. The lowest BCUT2D eigenvalue weighted by Gasteiger charge is -2.27. The molecular formula is C21H28N4O3S. The molecule has 0 amide bonds. The van der Waals surface area contributed by atoms with Gasteiger partial charge >= 0.3 is 5.97 Å². The first-order valence-electron chi connectivity index (χ1n) is 9.77.